The van der Waals surface area contributed by atoms with Gasteiger partial charge in [0.2, 0.25) is 0 Å². The smallest absolute Gasteiger partial charge is 0.329 e. The lowest BCUT2D eigenvalue weighted by Gasteiger charge is -2.11. The average molecular weight is 457 g/mol. The van der Waals surface area contributed by atoms with E-state index in [-0.39, 0.29) is 0 Å². The number of carbonyl (C=O) groups is 1. The zero-order valence-electron chi connectivity index (χ0n) is 16.7. The first-order chi connectivity index (χ1) is 15.4. The number of amides is 2. The standard InChI is InChI=1S/C22H18F3N5OS/c23-22(24,25)12-27-21(31)28-15-4-1-3-13(9-15)17-11-26-19-10-14(7-8-30(17)19)20-29-16-5-2-6-18(16)32-20/h1,3-4,7-11H,2,5-6,12H2,(H2,27,28,31). The molecule has 1 aliphatic rings. The molecule has 2 N–H and O–H groups in total. The van der Waals surface area contributed by atoms with Gasteiger partial charge < -0.3 is 10.6 Å². The second kappa shape index (κ2) is 7.94. The quantitative estimate of drug-likeness (QED) is 0.437. The van der Waals surface area contributed by atoms with E-state index in [1.54, 1.807) is 41.0 Å². The van der Waals surface area contributed by atoms with Crippen molar-refractivity contribution in [2.45, 2.75) is 25.4 Å². The lowest BCUT2D eigenvalue weighted by atomic mass is 10.1. The van der Waals surface area contributed by atoms with E-state index < -0.39 is 18.8 Å². The second-order valence-electron chi connectivity index (χ2n) is 7.53. The van der Waals surface area contributed by atoms with Crippen molar-refractivity contribution in [3.05, 3.63) is 59.4 Å². The van der Waals surface area contributed by atoms with Crippen LogP contribution in [0.5, 0.6) is 0 Å². The van der Waals surface area contributed by atoms with Crippen molar-refractivity contribution in [1.82, 2.24) is 19.7 Å². The number of hydrogen-bond acceptors (Lipinski definition) is 4. The van der Waals surface area contributed by atoms with E-state index in [1.807, 2.05) is 28.8 Å². The molecule has 3 aromatic heterocycles. The number of aromatic nitrogens is 3. The minimum absolute atomic E-state index is 0.381. The lowest BCUT2D eigenvalue weighted by Crippen LogP contribution is -2.36. The zero-order chi connectivity index (χ0) is 22.3. The number of alkyl halides is 3. The van der Waals surface area contributed by atoms with Gasteiger partial charge in [-0.3, -0.25) is 4.40 Å². The Hall–Kier alpha value is -3.40. The monoisotopic (exact) mass is 457 g/mol. The number of hydrogen-bond donors (Lipinski definition) is 2. The Balaban J connectivity index is 1.38. The van der Waals surface area contributed by atoms with E-state index in [1.165, 1.54) is 17.0 Å². The molecule has 6 nitrogen and oxygen atoms in total. The van der Waals surface area contributed by atoms with Crippen LogP contribution in [0.1, 0.15) is 17.0 Å². The fourth-order valence-electron chi connectivity index (χ4n) is 3.75. The van der Waals surface area contributed by atoms with Gasteiger partial charge in [-0.05, 0) is 43.5 Å². The first kappa shape index (κ1) is 20.5. The van der Waals surface area contributed by atoms with Crippen LogP contribution in [0.25, 0.3) is 27.5 Å². The van der Waals surface area contributed by atoms with E-state index in [4.69, 9.17) is 4.98 Å². The number of rotatable bonds is 4. The Bertz CT molecular complexity index is 1290. The van der Waals surface area contributed by atoms with Gasteiger partial charge >= 0.3 is 12.2 Å². The summed E-state index contributed by atoms with van der Waals surface area (Å²) in [5.41, 5.74) is 4.93. The Morgan fingerprint density at radius 2 is 2.03 bits per heavy atom. The molecule has 0 saturated heterocycles. The molecule has 0 atom stereocenters. The zero-order valence-corrected chi connectivity index (χ0v) is 17.6. The predicted molar refractivity (Wildman–Crippen MR) is 117 cm³/mol. The number of pyridine rings is 1. The van der Waals surface area contributed by atoms with E-state index in [0.29, 0.717) is 5.69 Å². The van der Waals surface area contributed by atoms with Gasteiger partial charge in [-0.25, -0.2) is 14.8 Å². The normalized spacial score (nSPS) is 13.3. The molecule has 10 heteroatoms. The SMILES string of the molecule is O=C(NCC(F)(F)F)Nc1cccc(-c2cnc3cc(-c4nc5c(s4)CCC5)ccn23)c1. The number of benzene rings is 1. The van der Waals surface area contributed by atoms with Crippen LogP contribution in [0.3, 0.4) is 0 Å². The molecule has 4 aromatic rings. The molecule has 2 amide bonds. The fraction of sp³-hybridized carbons (Fsp3) is 0.227. The van der Waals surface area contributed by atoms with Crippen LogP contribution in [0.4, 0.5) is 23.7 Å². The van der Waals surface area contributed by atoms with Crippen molar-refractivity contribution >= 4 is 28.7 Å². The molecule has 0 unspecified atom stereocenters. The summed E-state index contributed by atoms with van der Waals surface area (Å²) in [5.74, 6) is 0. The lowest BCUT2D eigenvalue weighted by molar-refractivity contribution is -0.122. The minimum Gasteiger partial charge on any atom is -0.329 e. The number of halogens is 3. The maximum Gasteiger partial charge on any atom is 0.405 e. The number of anilines is 1. The molecule has 32 heavy (non-hydrogen) atoms. The van der Waals surface area contributed by atoms with Crippen LogP contribution in [-0.2, 0) is 12.8 Å². The highest BCUT2D eigenvalue weighted by atomic mass is 32.1. The number of carbonyl (C=O) groups excluding carboxylic acids is 1. The first-order valence-electron chi connectivity index (χ1n) is 10.0. The number of imidazole rings is 1. The maximum absolute atomic E-state index is 12.3. The van der Waals surface area contributed by atoms with Gasteiger partial charge in [0, 0.05) is 27.9 Å². The highest BCUT2D eigenvalue weighted by Crippen LogP contribution is 2.34. The molecule has 0 saturated carbocycles. The van der Waals surface area contributed by atoms with E-state index >= 15 is 0 Å². The molecule has 0 fully saturated rings. The van der Waals surface area contributed by atoms with Crippen molar-refractivity contribution in [3.8, 4) is 21.8 Å². The van der Waals surface area contributed by atoms with Crippen LogP contribution >= 0.6 is 11.3 Å². The number of thiazole rings is 1. The van der Waals surface area contributed by atoms with Crippen molar-refractivity contribution in [2.24, 2.45) is 0 Å². The number of nitrogens with zero attached hydrogens (tertiary/aromatic N) is 3. The third kappa shape index (κ3) is 4.18. The van der Waals surface area contributed by atoms with E-state index in [2.05, 4.69) is 10.3 Å². The third-order valence-electron chi connectivity index (χ3n) is 5.22. The maximum atomic E-state index is 12.3. The molecule has 164 valence electrons. The van der Waals surface area contributed by atoms with Gasteiger partial charge in [-0.15, -0.1) is 11.3 Å². The summed E-state index contributed by atoms with van der Waals surface area (Å²) >= 11 is 1.74. The Labute approximate surface area is 185 Å². The van der Waals surface area contributed by atoms with Crippen LogP contribution in [-0.4, -0.2) is 33.1 Å². The van der Waals surface area contributed by atoms with Crippen molar-refractivity contribution in [2.75, 3.05) is 11.9 Å². The van der Waals surface area contributed by atoms with Gasteiger partial charge in [-0.2, -0.15) is 13.2 Å². The fourth-order valence-corrected chi connectivity index (χ4v) is 4.90. The molecule has 3 heterocycles. The summed E-state index contributed by atoms with van der Waals surface area (Å²) in [6, 6.07) is 9.94. The molecule has 1 aromatic carbocycles. The number of fused-ring (bicyclic) bond motifs is 2. The number of aryl methyl sites for hydroxylation is 2. The molecule has 5 rings (SSSR count). The average Bonchev–Trinajstić information content (AvgIpc) is 3.46. The molecular formula is C22H18F3N5OS. The topological polar surface area (TPSA) is 71.3 Å². The summed E-state index contributed by atoms with van der Waals surface area (Å²) in [6.45, 7) is -1.39. The van der Waals surface area contributed by atoms with Crippen LogP contribution in [0.15, 0.2) is 48.8 Å². The largest absolute Gasteiger partial charge is 0.405 e. The van der Waals surface area contributed by atoms with Gasteiger partial charge in [0.1, 0.15) is 17.2 Å². The van der Waals surface area contributed by atoms with Crippen LogP contribution in [0, 0.1) is 0 Å². The summed E-state index contributed by atoms with van der Waals surface area (Å²) in [5, 5.41) is 5.22. The van der Waals surface area contributed by atoms with Crippen molar-refractivity contribution in [1.29, 1.82) is 0 Å². The van der Waals surface area contributed by atoms with Crippen LogP contribution < -0.4 is 10.6 Å². The van der Waals surface area contributed by atoms with Crippen molar-refractivity contribution < 1.29 is 18.0 Å². The molecule has 0 bridgehead atoms. The summed E-state index contributed by atoms with van der Waals surface area (Å²) in [6.07, 6.45) is 2.50. The van der Waals surface area contributed by atoms with Gasteiger partial charge in [0.15, 0.2) is 0 Å². The molecule has 0 spiro atoms. The minimum atomic E-state index is -4.46. The highest BCUT2D eigenvalue weighted by Gasteiger charge is 2.27. The molecule has 0 aliphatic heterocycles. The van der Waals surface area contributed by atoms with Gasteiger partial charge in [0.05, 0.1) is 17.6 Å². The Morgan fingerprint density at radius 3 is 2.84 bits per heavy atom. The number of urea groups is 1. The van der Waals surface area contributed by atoms with E-state index in [9.17, 15) is 18.0 Å². The Kier molecular flexibility index (Phi) is 5.09. The molecule has 0 radical (unpaired) electrons. The molecule has 1 aliphatic carbocycles. The van der Waals surface area contributed by atoms with Gasteiger partial charge in [0.25, 0.3) is 0 Å². The first-order valence-corrected chi connectivity index (χ1v) is 10.9. The molecular weight excluding hydrogens is 439 g/mol. The number of nitrogens with one attached hydrogen (secondary N) is 2. The summed E-state index contributed by atoms with van der Waals surface area (Å²) in [4.78, 5) is 22.4. The highest BCUT2D eigenvalue weighted by molar-refractivity contribution is 7.15. The second-order valence-corrected chi connectivity index (χ2v) is 8.62. The van der Waals surface area contributed by atoms with Crippen LogP contribution in [0.2, 0.25) is 0 Å². The predicted octanol–water partition coefficient (Wildman–Crippen LogP) is 5.30. The van der Waals surface area contributed by atoms with Gasteiger partial charge in [-0.1, -0.05) is 12.1 Å². The third-order valence-corrected chi connectivity index (χ3v) is 6.43. The summed E-state index contributed by atoms with van der Waals surface area (Å²) in [7, 11) is 0. The summed E-state index contributed by atoms with van der Waals surface area (Å²) < 4.78 is 38.8. The van der Waals surface area contributed by atoms with E-state index in [0.717, 1.165) is 40.3 Å². The van der Waals surface area contributed by atoms with Crippen molar-refractivity contribution in [3.63, 3.8) is 0 Å². The Morgan fingerprint density at radius 1 is 1.16 bits per heavy atom.